The number of furan rings is 1. The molecule has 3 heterocycles. The van der Waals surface area contributed by atoms with Crippen LogP contribution in [0.5, 0.6) is 0 Å². The van der Waals surface area contributed by atoms with Crippen LogP contribution in [0.15, 0.2) is 10.5 Å². The minimum absolute atomic E-state index is 0.0609. The lowest BCUT2D eigenvalue weighted by Crippen LogP contribution is -2.61. The first-order chi connectivity index (χ1) is 11.7. The van der Waals surface area contributed by atoms with E-state index in [-0.39, 0.29) is 23.2 Å². The number of hydrogen-bond acceptors (Lipinski definition) is 5. The van der Waals surface area contributed by atoms with Crippen LogP contribution in [0.1, 0.15) is 61.9 Å². The van der Waals surface area contributed by atoms with Crippen molar-refractivity contribution in [2.24, 2.45) is 11.1 Å². The van der Waals surface area contributed by atoms with Gasteiger partial charge in [0.05, 0.1) is 6.61 Å². The Morgan fingerprint density at radius 2 is 2.28 bits per heavy atom. The van der Waals surface area contributed by atoms with Crippen LogP contribution in [0.4, 0.5) is 0 Å². The van der Waals surface area contributed by atoms with Gasteiger partial charge in [-0.1, -0.05) is 20.8 Å². The average molecular weight is 349 g/mol. The van der Waals surface area contributed by atoms with Crippen LogP contribution >= 0.6 is 0 Å². The third kappa shape index (κ3) is 3.61. The molecule has 140 valence electrons. The molecule has 2 saturated heterocycles. The number of nitrogens with one attached hydrogen (secondary N) is 1. The maximum absolute atomic E-state index is 11.5. The summed E-state index contributed by atoms with van der Waals surface area (Å²) >= 11 is 0. The average Bonchev–Trinajstić information content (AvgIpc) is 2.99. The van der Waals surface area contributed by atoms with Gasteiger partial charge in [0.25, 0.3) is 5.91 Å². The number of aliphatic hydroxyl groups is 1. The highest BCUT2D eigenvalue weighted by Crippen LogP contribution is 2.38. The highest BCUT2D eigenvalue weighted by atomic mass is 16.4. The molecule has 0 saturated carbocycles. The Kier molecular flexibility index (Phi) is 4.97. The first-order valence-corrected chi connectivity index (χ1v) is 9.25. The Morgan fingerprint density at radius 3 is 2.92 bits per heavy atom. The number of carbonyl (C=O) groups excluding carboxylic acids is 1. The zero-order valence-electron chi connectivity index (χ0n) is 15.6. The molecule has 0 bridgehead atoms. The van der Waals surface area contributed by atoms with E-state index in [9.17, 15) is 9.90 Å². The van der Waals surface area contributed by atoms with Gasteiger partial charge >= 0.3 is 0 Å². The van der Waals surface area contributed by atoms with Crippen molar-refractivity contribution in [1.29, 1.82) is 0 Å². The van der Waals surface area contributed by atoms with E-state index in [2.05, 4.69) is 31.0 Å². The second-order valence-electron chi connectivity index (χ2n) is 8.71. The number of nitrogens with zero attached hydrogens (tertiary/aromatic N) is 1. The minimum atomic E-state index is -0.529. The molecule has 1 aromatic heterocycles. The number of aliphatic hydroxyl groups excluding tert-OH is 1. The number of amides is 1. The quantitative estimate of drug-likeness (QED) is 0.768. The second kappa shape index (κ2) is 6.74. The number of hydrogen-bond donors (Lipinski definition) is 3. The van der Waals surface area contributed by atoms with Crippen LogP contribution in [-0.2, 0) is 12.0 Å². The van der Waals surface area contributed by atoms with Crippen molar-refractivity contribution < 1.29 is 14.3 Å². The molecule has 6 heteroatoms. The van der Waals surface area contributed by atoms with Crippen molar-refractivity contribution in [3.8, 4) is 0 Å². The summed E-state index contributed by atoms with van der Waals surface area (Å²) in [6.45, 7) is 10.0. The molecule has 4 N–H and O–H groups in total. The van der Waals surface area contributed by atoms with Crippen molar-refractivity contribution in [3.05, 3.63) is 23.2 Å². The summed E-state index contributed by atoms with van der Waals surface area (Å²) in [7, 11) is 0. The van der Waals surface area contributed by atoms with Gasteiger partial charge in [-0.2, -0.15) is 0 Å². The number of carbonyl (C=O) groups is 1. The summed E-state index contributed by atoms with van der Waals surface area (Å²) in [4.78, 5) is 13.9. The summed E-state index contributed by atoms with van der Waals surface area (Å²) in [6.07, 6.45) is 3.20. The van der Waals surface area contributed by atoms with E-state index in [1.807, 2.05) is 0 Å². The maximum Gasteiger partial charge on any atom is 0.284 e. The topological polar surface area (TPSA) is 91.7 Å². The number of fused-ring (bicyclic) bond motifs is 1. The van der Waals surface area contributed by atoms with Crippen LogP contribution in [-0.4, -0.2) is 48.2 Å². The van der Waals surface area contributed by atoms with Gasteiger partial charge in [0.1, 0.15) is 5.76 Å². The predicted molar refractivity (Wildman–Crippen MR) is 96.4 cm³/mol. The molecule has 6 nitrogen and oxygen atoms in total. The third-order valence-corrected chi connectivity index (χ3v) is 5.70. The van der Waals surface area contributed by atoms with Crippen LogP contribution in [0, 0.1) is 5.41 Å². The first kappa shape index (κ1) is 18.4. The largest absolute Gasteiger partial charge is 0.455 e. The van der Waals surface area contributed by atoms with Gasteiger partial charge in [0.2, 0.25) is 0 Å². The smallest absolute Gasteiger partial charge is 0.284 e. The SMILES string of the molecule is CC(C)(C)c1oc(C(N)=O)cc1CN1CC[C@H]2NCCC[C@]2(CO)C1. The molecule has 0 aromatic carbocycles. The first-order valence-electron chi connectivity index (χ1n) is 9.25. The molecular weight excluding hydrogens is 318 g/mol. The highest BCUT2D eigenvalue weighted by molar-refractivity contribution is 5.90. The Labute approximate surface area is 149 Å². The normalized spacial score (nSPS) is 27.9. The molecule has 2 atom stereocenters. The Balaban J connectivity index is 1.81. The predicted octanol–water partition coefficient (Wildman–Crippen LogP) is 1.61. The Morgan fingerprint density at radius 1 is 1.52 bits per heavy atom. The molecule has 1 aromatic rings. The Bertz CT molecular complexity index is 634. The maximum atomic E-state index is 11.5. The third-order valence-electron chi connectivity index (χ3n) is 5.70. The molecular formula is C19H31N3O3. The van der Waals surface area contributed by atoms with Gasteiger partial charge in [-0.15, -0.1) is 0 Å². The van der Waals surface area contributed by atoms with Crippen molar-refractivity contribution >= 4 is 5.91 Å². The van der Waals surface area contributed by atoms with E-state index in [1.165, 1.54) is 0 Å². The van der Waals surface area contributed by atoms with Gasteiger partial charge < -0.3 is 20.6 Å². The second-order valence-corrected chi connectivity index (χ2v) is 8.71. The fourth-order valence-corrected chi connectivity index (χ4v) is 4.46. The molecule has 2 fully saturated rings. The van der Waals surface area contributed by atoms with E-state index in [0.717, 1.165) is 56.8 Å². The van der Waals surface area contributed by atoms with Gasteiger partial charge in [-0.25, -0.2) is 0 Å². The van der Waals surface area contributed by atoms with E-state index in [0.29, 0.717) is 6.04 Å². The summed E-state index contributed by atoms with van der Waals surface area (Å²) in [6, 6.07) is 2.19. The van der Waals surface area contributed by atoms with Crippen LogP contribution < -0.4 is 11.1 Å². The monoisotopic (exact) mass is 349 g/mol. The summed E-state index contributed by atoms with van der Waals surface area (Å²) in [5, 5.41) is 13.7. The molecule has 3 rings (SSSR count). The lowest BCUT2D eigenvalue weighted by atomic mass is 9.70. The molecule has 0 unspecified atom stereocenters. The minimum Gasteiger partial charge on any atom is -0.455 e. The standard InChI is InChI=1S/C19H31N3O3/c1-18(2,3)16-13(9-14(25-16)17(20)24)10-22-8-5-15-19(11-22,12-23)6-4-7-21-15/h9,15,21,23H,4-8,10-12H2,1-3H3,(H2,20,24)/t15-,19-/m1/s1. The molecule has 0 radical (unpaired) electrons. The zero-order chi connectivity index (χ0) is 18.2. The fraction of sp³-hybridized carbons (Fsp3) is 0.737. The zero-order valence-corrected chi connectivity index (χ0v) is 15.6. The van der Waals surface area contributed by atoms with Gasteiger partial charge in [-0.05, 0) is 31.9 Å². The summed E-state index contributed by atoms with van der Waals surface area (Å²) < 4.78 is 5.78. The lowest BCUT2D eigenvalue weighted by Gasteiger charge is -2.50. The molecule has 0 aliphatic carbocycles. The van der Waals surface area contributed by atoms with Crippen LogP contribution in [0.2, 0.25) is 0 Å². The number of nitrogens with two attached hydrogens (primary N) is 1. The molecule has 2 aliphatic heterocycles. The van der Waals surface area contributed by atoms with Gasteiger partial charge in [-0.3, -0.25) is 9.69 Å². The van der Waals surface area contributed by atoms with Crippen molar-refractivity contribution in [3.63, 3.8) is 0 Å². The van der Waals surface area contributed by atoms with Crippen molar-refractivity contribution in [2.45, 2.75) is 58.0 Å². The fourth-order valence-electron chi connectivity index (χ4n) is 4.46. The lowest BCUT2D eigenvalue weighted by molar-refractivity contribution is -0.0224. The number of likely N-dealkylation sites (tertiary alicyclic amines) is 1. The molecule has 1 amide bonds. The number of primary amides is 1. The number of piperidine rings is 2. The van der Waals surface area contributed by atoms with Crippen LogP contribution in [0.3, 0.4) is 0 Å². The van der Waals surface area contributed by atoms with Crippen molar-refractivity contribution in [1.82, 2.24) is 10.2 Å². The Hall–Kier alpha value is -1.37. The number of rotatable bonds is 4. The molecule has 2 aliphatic rings. The van der Waals surface area contributed by atoms with E-state index in [1.54, 1.807) is 6.07 Å². The van der Waals surface area contributed by atoms with Gasteiger partial charge in [0, 0.05) is 42.1 Å². The molecule has 0 spiro atoms. The van der Waals surface area contributed by atoms with Crippen molar-refractivity contribution in [2.75, 3.05) is 26.2 Å². The van der Waals surface area contributed by atoms with Crippen LogP contribution in [0.25, 0.3) is 0 Å². The molecule has 25 heavy (non-hydrogen) atoms. The van der Waals surface area contributed by atoms with E-state index < -0.39 is 5.91 Å². The van der Waals surface area contributed by atoms with E-state index in [4.69, 9.17) is 10.2 Å². The summed E-state index contributed by atoms with van der Waals surface area (Å²) in [5.41, 5.74) is 6.19. The highest BCUT2D eigenvalue weighted by Gasteiger charge is 2.44. The van der Waals surface area contributed by atoms with Gasteiger partial charge in [0.15, 0.2) is 5.76 Å². The van der Waals surface area contributed by atoms with E-state index >= 15 is 0 Å². The summed E-state index contributed by atoms with van der Waals surface area (Å²) in [5.74, 6) is 0.521.